The van der Waals surface area contributed by atoms with E-state index in [0.29, 0.717) is 35.0 Å². The van der Waals surface area contributed by atoms with E-state index < -0.39 is 5.97 Å². The van der Waals surface area contributed by atoms with Gasteiger partial charge in [0.25, 0.3) is 0 Å². The minimum absolute atomic E-state index is 0.325. The summed E-state index contributed by atoms with van der Waals surface area (Å²) in [6.45, 7) is 0. The Morgan fingerprint density at radius 1 is 1.04 bits per heavy atom. The highest BCUT2D eigenvalue weighted by Crippen LogP contribution is 3.01. The van der Waals surface area contributed by atoms with Crippen LogP contribution in [0.3, 0.4) is 0 Å². The summed E-state index contributed by atoms with van der Waals surface area (Å²) in [5.74, 6) is 4.41. The SMILES string of the molecule is O=C(O)C12C3C=CC4C5C6C(C41)C2C6(C/C=C/C=C/c1ccccc1)C53. The van der Waals surface area contributed by atoms with Gasteiger partial charge in [-0.25, -0.2) is 0 Å². The lowest BCUT2D eigenvalue weighted by Crippen LogP contribution is -2.74. The zero-order valence-corrected chi connectivity index (χ0v) is 14.5. The first-order chi connectivity index (χ1) is 12.7. The van der Waals surface area contributed by atoms with Crippen LogP contribution in [0, 0.1) is 58.2 Å². The van der Waals surface area contributed by atoms with Crippen molar-refractivity contribution in [3.8, 4) is 0 Å². The van der Waals surface area contributed by atoms with Gasteiger partial charge in [-0.15, -0.1) is 0 Å². The van der Waals surface area contributed by atoms with Crippen LogP contribution in [-0.4, -0.2) is 11.1 Å². The lowest BCUT2D eigenvalue weighted by atomic mass is 9.28. The molecule has 1 aromatic carbocycles. The number of carboxylic acids is 1. The maximum absolute atomic E-state index is 12.4. The lowest BCUT2D eigenvalue weighted by Gasteiger charge is -2.75. The fourth-order valence-corrected chi connectivity index (χ4v) is 9.39. The third-order valence-electron chi connectivity index (χ3n) is 9.45. The maximum atomic E-state index is 12.4. The Labute approximate surface area is 153 Å². The van der Waals surface area contributed by atoms with Crippen LogP contribution in [0.2, 0.25) is 0 Å². The summed E-state index contributed by atoms with van der Waals surface area (Å²) < 4.78 is 0. The molecule has 1 N–H and O–H groups in total. The molecule has 0 saturated heterocycles. The van der Waals surface area contributed by atoms with Gasteiger partial charge in [-0.3, -0.25) is 4.79 Å². The molecule has 7 aliphatic rings. The van der Waals surface area contributed by atoms with Gasteiger partial charge in [0.2, 0.25) is 0 Å². The molecular weight excluding hydrogens is 320 g/mol. The number of rotatable bonds is 5. The number of benzene rings is 1. The van der Waals surface area contributed by atoms with E-state index in [-0.39, 0.29) is 5.41 Å². The normalized spacial score (nSPS) is 55.2. The molecule has 26 heavy (non-hydrogen) atoms. The van der Waals surface area contributed by atoms with Crippen molar-refractivity contribution in [1.82, 2.24) is 0 Å². The molecule has 2 nitrogen and oxygen atoms in total. The summed E-state index contributed by atoms with van der Waals surface area (Å²) in [6.07, 6.45) is 14.5. The molecule has 0 radical (unpaired) electrons. The Morgan fingerprint density at radius 2 is 1.88 bits per heavy atom. The smallest absolute Gasteiger partial charge is 0.310 e. The fraction of sp³-hybridized carbons (Fsp3) is 0.458. The monoisotopic (exact) mass is 342 g/mol. The number of aliphatic carboxylic acids is 1. The first-order valence-electron chi connectivity index (χ1n) is 10.0. The van der Waals surface area contributed by atoms with Crippen LogP contribution in [0.15, 0.2) is 60.7 Å². The first kappa shape index (κ1) is 14.0. The molecule has 0 spiro atoms. The minimum atomic E-state index is -0.485. The van der Waals surface area contributed by atoms with E-state index in [2.05, 4.69) is 60.7 Å². The molecule has 0 heterocycles. The van der Waals surface area contributed by atoms with Crippen molar-refractivity contribution in [2.75, 3.05) is 0 Å². The van der Waals surface area contributed by atoms with E-state index in [1.54, 1.807) is 0 Å². The minimum Gasteiger partial charge on any atom is -0.481 e. The molecular formula is C24H22O2. The van der Waals surface area contributed by atoms with E-state index in [9.17, 15) is 9.90 Å². The summed E-state index contributed by atoms with van der Waals surface area (Å²) >= 11 is 0. The first-order valence-corrected chi connectivity index (χ1v) is 10.0. The molecule has 1 aromatic rings. The van der Waals surface area contributed by atoms with Crippen LogP contribution in [0.25, 0.3) is 6.08 Å². The Balaban J connectivity index is 1.18. The Hall–Kier alpha value is -2.09. The standard InChI is InChI=1S/C24H22O2/c25-22(26)24-15-11-10-14-16-19(15)23(20(16)17(18(14)24)21(23)24)12-6-2-5-9-13-7-3-1-4-8-13/h1-11,14-21H,12H2,(H,25,26)/b6-2+,9-5+. The fourth-order valence-electron chi connectivity index (χ4n) is 9.39. The van der Waals surface area contributed by atoms with Gasteiger partial charge >= 0.3 is 5.97 Å². The Bertz CT molecular complexity index is 927. The van der Waals surface area contributed by atoms with E-state index in [1.807, 2.05) is 6.07 Å². The van der Waals surface area contributed by atoms with Crippen LogP contribution in [-0.2, 0) is 4.79 Å². The molecule has 10 unspecified atom stereocenters. The van der Waals surface area contributed by atoms with Gasteiger partial charge in [-0.2, -0.15) is 0 Å². The number of allylic oxidation sites excluding steroid dienone is 5. The number of hydrogen-bond donors (Lipinski definition) is 1. The molecule has 2 heteroatoms. The second-order valence-electron chi connectivity index (χ2n) is 9.45. The van der Waals surface area contributed by atoms with Gasteiger partial charge in [0.05, 0.1) is 5.41 Å². The molecule has 0 aromatic heterocycles. The molecule has 2 bridgehead atoms. The zero-order valence-electron chi connectivity index (χ0n) is 14.5. The second kappa shape index (κ2) is 4.08. The number of carboxylic acid groups (broad SMARTS) is 1. The van der Waals surface area contributed by atoms with Crippen molar-refractivity contribution in [2.45, 2.75) is 6.42 Å². The highest BCUT2D eigenvalue weighted by molar-refractivity contribution is 5.83. The molecule has 7 aliphatic carbocycles. The predicted molar refractivity (Wildman–Crippen MR) is 98.8 cm³/mol. The Kier molecular flexibility index (Phi) is 2.20. The van der Waals surface area contributed by atoms with E-state index in [4.69, 9.17) is 0 Å². The third kappa shape index (κ3) is 1.09. The van der Waals surface area contributed by atoms with Gasteiger partial charge in [-0.05, 0) is 64.7 Å². The van der Waals surface area contributed by atoms with E-state index in [0.717, 1.165) is 24.2 Å². The summed E-state index contributed by atoms with van der Waals surface area (Å²) in [5, 5.41) is 10.2. The van der Waals surface area contributed by atoms with Crippen LogP contribution < -0.4 is 0 Å². The molecule has 5 saturated carbocycles. The topological polar surface area (TPSA) is 37.3 Å². The number of hydrogen-bond acceptors (Lipinski definition) is 1. The summed E-state index contributed by atoms with van der Waals surface area (Å²) in [4.78, 5) is 12.4. The second-order valence-corrected chi connectivity index (χ2v) is 9.45. The van der Waals surface area contributed by atoms with Gasteiger partial charge in [0.15, 0.2) is 0 Å². The van der Waals surface area contributed by atoms with Crippen LogP contribution in [0.1, 0.15) is 12.0 Å². The Morgan fingerprint density at radius 3 is 2.69 bits per heavy atom. The van der Waals surface area contributed by atoms with Gasteiger partial charge in [0.1, 0.15) is 0 Å². The van der Waals surface area contributed by atoms with Crippen LogP contribution >= 0.6 is 0 Å². The molecule has 0 amide bonds. The average Bonchev–Trinajstić information content (AvgIpc) is 2.73. The van der Waals surface area contributed by atoms with Gasteiger partial charge in [-0.1, -0.05) is 66.8 Å². The van der Waals surface area contributed by atoms with Crippen molar-refractivity contribution in [3.05, 3.63) is 66.3 Å². The largest absolute Gasteiger partial charge is 0.481 e. The van der Waals surface area contributed by atoms with Gasteiger partial charge in [0, 0.05) is 0 Å². The maximum Gasteiger partial charge on any atom is 0.310 e. The van der Waals surface area contributed by atoms with Gasteiger partial charge < -0.3 is 5.11 Å². The predicted octanol–water partition coefficient (Wildman–Crippen LogP) is 4.27. The summed E-state index contributed by atoms with van der Waals surface area (Å²) in [5.41, 5.74) is 1.16. The average molecular weight is 342 g/mol. The molecule has 0 aliphatic heterocycles. The molecule has 5 fully saturated rings. The van der Waals surface area contributed by atoms with Crippen LogP contribution in [0.4, 0.5) is 0 Å². The van der Waals surface area contributed by atoms with Crippen molar-refractivity contribution in [3.63, 3.8) is 0 Å². The summed E-state index contributed by atoms with van der Waals surface area (Å²) in [6, 6.07) is 10.4. The molecule has 130 valence electrons. The van der Waals surface area contributed by atoms with Crippen molar-refractivity contribution < 1.29 is 9.90 Å². The number of carbonyl (C=O) groups is 1. The lowest BCUT2D eigenvalue weighted by molar-refractivity contribution is -0.291. The third-order valence-corrected chi connectivity index (χ3v) is 9.45. The molecule has 10 atom stereocenters. The van der Waals surface area contributed by atoms with Crippen molar-refractivity contribution in [2.24, 2.45) is 58.2 Å². The zero-order chi connectivity index (χ0) is 17.3. The van der Waals surface area contributed by atoms with E-state index >= 15 is 0 Å². The highest BCUT2D eigenvalue weighted by Gasteiger charge is 3.01. The summed E-state index contributed by atoms with van der Waals surface area (Å²) in [7, 11) is 0. The highest BCUT2D eigenvalue weighted by atomic mass is 16.4. The quantitative estimate of drug-likeness (QED) is 0.641. The molecule has 8 rings (SSSR count). The van der Waals surface area contributed by atoms with Crippen LogP contribution in [0.5, 0.6) is 0 Å². The van der Waals surface area contributed by atoms with Crippen molar-refractivity contribution >= 4 is 12.0 Å². The van der Waals surface area contributed by atoms with Crippen molar-refractivity contribution in [1.29, 1.82) is 0 Å². The van der Waals surface area contributed by atoms with E-state index in [1.165, 1.54) is 5.56 Å².